The predicted octanol–water partition coefficient (Wildman–Crippen LogP) is 4.57. The molecule has 0 aromatic heterocycles. The van der Waals surface area contributed by atoms with Gasteiger partial charge in [0.1, 0.15) is 5.84 Å². The standard InChI is InChI=1S/C35H47N7O/c1-5-34(43)40-21-23-41(24-22-40)35(37-17-13-27(2)38-25-28-14-18-39(4)19-15-28)31-16-20-42(26-32(31)36-3)33-12-8-10-29-9-6-7-11-30(29)33/h5-12,28,38H,1-3,13-26H2,4H3. The number of aliphatic imine (C=N–C) groups is 2. The molecule has 0 aliphatic carbocycles. The molecule has 1 amide bonds. The van der Waals surface area contributed by atoms with Crippen molar-refractivity contribution in [3.63, 3.8) is 0 Å². The highest BCUT2D eigenvalue weighted by atomic mass is 16.2. The highest BCUT2D eigenvalue weighted by Crippen LogP contribution is 2.32. The summed E-state index contributed by atoms with van der Waals surface area (Å²) in [5.41, 5.74) is 4.41. The van der Waals surface area contributed by atoms with E-state index in [0.29, 0.717) is 32.1 Å². The van der Waals surface area contributed by atoms with Gasteiger partial charge in [0.25, 0.3) is 0 Å². The molecule has 2 aromatic rings. The highest BCUT2D eigenvalue weighted by Gasteiger charge is 2.29. The zero-order chi connectivity index (χ0) is 30.2. The van der Waals surface area contributed by atoms with E-state index >= 15 is 0 Å². The van der Waals surface area contributed by atoms with Crippen LogP contribution in [0.3, 0.4) is 0 Å². The van der Waals surface area contributed by atoms with E-state index in [4.69, 9.17) is 4.99 Å². The van der Waals surface area contributed by atoms with Crippen LogP contribution in [-0.2, 0) is 4.79 Å². The Bertz CT molecular complexity index is 1370. The number of amides is 1. The van der Waals surface area contributed by atoms with Crippen molar-refractivity contribution in [1.82, 2.24) is 20.0 Å². The molecule has 2 aromatic carbocycles. The largest absolute Gasteiger partial charge is 0.388 e. The van der Waals surface area contributed by atoms with Crippen molar-refractivity contribution in [3.05, 3.63) is 78.7 Å². The maximum atomic E-state index is 12.2. The van der Waals surface area contributed by atoms with Crippen molar-refractivity contribution in [2.45, 2.75) is 25.7 Å². The Morgan fingerprint density at radius 2 is 1.72 bits per heavy atom. The van der Waals surface area contributed by atoms with Gasteiger partial charge in [-0.25, -0.2) is 0 Å². The lowest BCUT2D eigenvalue weighted by Gasteiger charge is -2.39. The van der Waals surface area contributed by atoms with E-state index in [-0.39, 0.29) is 5.91 Å². The minimum Gasteiger partial charge on any atom is -0.388 e. The minimum atomic E-state index is -0.0128. The van der Waals surface area contributed by atoms with Crippen LogP contribution >= 0.6 is 0 Å². The Kier molecular flexibility index (Phi) is 10.3. The molecule has 0 radical (unpaired) electrons. The number of rotatable bonds is 10. The number of carbonyl (C=O) groups excluding carboxylic acids is 1. The molecule has 5 rings (SSSR count). The zero-order valence-corrected chi connectivity index (χ0v) is 25.8. The van der Waals surface area contributed by atoms with Crippen LogP contribution in [0.1, 0.15) is 25.7 Å². The van der Waals surface area contributed by atoms with Crippen LogP contribution in [0.4, 0.5) is 5.69 Å². The third-order valence-electron chi connectivity index (χ3n) is 9.11. The Morgan fingerprint density at radius 3 is 2.47 bits per heavy atom. The number of piperidine rings is 1. The van der Waals surface area contributed by atoms with Crippen LogP contribution in [-0.4, -0.2) is 106 Å². The minimum absolute atomic E-state index is 0.0128. The number of nitrogens with zero attached hydrogens (tertiary/aromatic N) is 6. The van der Waals surface area contributed by atoms with Crippen LogP contribution in [0.25, 0.3) is 10.8 Å². The number of carbonyl (C=O) groups is 1. The molecule has 3 heterocycles. The second-order valence-corrected chi connectivity index (χ2v) is 12.0. The van der Waals surface area contributed by atoms with Crippen molar-refractivity contribution in [1.29, 1.82) is 0 Å². The average Bonchev–Trinajstić information content (AvgIpc) is 3.05. The Hall–Kier alpha value is -3.91. The molecule has 0 unspecified atom stereocenters. The molecule has 8 nitrogen and oxygen atoms in total. The molecule has 2 fully saturated rings. The van der Waals surface area contributed by atoms with Gasteiger partial charge in [-0.15, -0.1) is 0 Å². The summed E-state index contributed by atoms with van der Waals surface area (Å²) in [4.78, 5) is 31.0. The maximum absolute atomic E-state index is 12.2. The quantitative estimate of drug-likeness (QED) is 0.253. The predicted molar refractivity (Wildman–Crippen MR) is 180 cm³/mol. The fraction of sp³-hybridized carbons (Fsp3) is 0.457. The number of nitrogens with one attached hydrogen (secondary N) is 1. The topological polar surface area (TPSA) is 66.8 Å². The molecule has 8 heteroatoms. The van der Waals surface area contributed by atoms with Crippen molar-refractivity contribution in [2.75, 3.05) is 77.4 Å². The zero-order valence-electron chi connectivity index (χ0n) is 25.8. The summed E-state index contributed by atoms with van der Waals surface area (Å²) in [5, 5.41) is 6.07. The van der Waals surface area contributed by atoms with Crippen molar-refractivity contribution in [3.8, 4) is 0 Å². The fourth-order valence-corrected chi connectivity index (χ4v) is 6.42. The van der Waals surface area contributed by atoms with Crippen molar-refractivity contribution >= 4 is 34.9 Å². The first-order chi connectivity index (χ1) is 21.0. The Balaban J connectivity index is 1.31. The maximum Gasteiger partial charge on any atom is 0.246 e. The van der Waals surface area contributed by atoms with E-state index in [1.54, 1.807) is 0 Å². The number of piperazine rings is 1. The van der Waals surface area contributed by atoms with Crippen LogP contribution in [0, 0.1) is 5.92 Å². The molecule has 0 saturated carbocycles. The second kappa shape index (κ2) is 14.5. The van der Waals surface area contributed by atoms with E-state index in [9.17, 15) is 4.79 Å². The van der Waals surface area contributed by atoms with Gasteiger partial charge >= 0.3 is 0 Å². The second-order valence-electron chi connectivity index (χ2n) is 12.0. The number of fused-ring (bicyclic) bond motifs is 1. The monoisotopic (exact) mass is 581 g/mol. The molecule has 43 heavy (non-hydrogen) atoms. The van der Waals surface area contributed by atoms with Crippen molar-refractivity contribution in [2.24, 2.45) is 15.9 Å². The smallest absolute Gasteiger partial charge is 0.246 e. The van der Waals surface area contributed by atoms with Gasteiger partial charge in [-0.1, -0.05) is 49.6 Å². The number of likely N-dealkylation sites (tertiary alicyclic amines) is 1. The summed E-state index contributed by atoms with van der Waals surface area (Å²) in [6.45, 7) is 20.3. The number of amidine groups is 1. The van der Waals surface area contributed by atoms with Gasteiger partial charge in [-0.05, 0) is 69.6 Å². The molecular formula is C35H47N7O. The molecule has 1 N–H and O–H groups in total. The number of anilines is 1. The van der Waals surface area contributed by atoms with Crippen LogP contribution in [0.15, 0.2) is 88.7 Å². The molecule has 0 spiro atoms. The van der Waals surface area contributed by atoms with Gasteiger partial charge in [0.2, 0.25) is 5.91 Å². The Labute approximate surface area is 257 Å². The van der Waals surface area contributed by atoms with E-state index in [1.165, 1.54) is 54.0 Å². The fourth-order valence-electron chi connectivity index (χ4n) is 6.42. The van der Waals surface area contributed by atoms with E-state index in [0.717, 1.165) is 56.3 Å². The summed E-state index contributed by atoms with van der Waals surface area (Å²) >= 11 is 0. The first-order valence-electron chi connectivity index (χ1n) is 15.7. The SMILES string of the molecule is C=CC(=O)N1CCN(C(=NCCC(=C)NCC2CCN(C)CC2)C2=C(N=C)CN(c3cccc4ccccc34)CC2)CC1. The van der Waals surface area contributed by atoms with Gasteiger partial charge in [0.15, 0.2) is 0 Å². The van der Waals surface area contributed by atoms with Gasteiger partial charge in [-0.3, -0.25) is 14.8 Å². The summed E-state index contributed by atoms with van der Waals surface area (Å²) in [7, 11) is 2.20. The van der Waals surface area contributed by atoms with Crippen LogP contribution < -0.4 is 10.2 Å². The van der Waals surface area contributed by atoms with E-state index in [1.807, 2.05) is 4.90 Å². The molecule has 3 aliphatic heterocycles. The van der Waals surface area contributed by atoms with Gasteiger partial charge < -0.3 is 24.9 Å². The third kappa shape index (κ3) is 7.54. The van der Waals surface area contributed by atoms with Crippen LogP contribution in [0.5, 0.6) is 0 Å². The van der Waals surface area contributed by atoms with E-state index < -0.39 is 0 Å². The number of benzene rings is 2. The molecule has 2 saturated heterocycles. The number of hydrogen-bond donors (Lipinski definition) is 1. The average molecular weight is 582 g/mol. The lowest BCUT2D eigenvalue weighted by atomic mass is 9.97. The molecule has 228 valence electrons. The molecular weight excluding hydrogens is 534 g/mol. The van der Waals surface area contributed by atoms with Crippen molar-refractivity contribution < 1.29 is 4.79 Å². The third-order valence-corrected chi connectivity index (χ3v) is 9.11. The molecule has 0 bridgehead atoms. The summed E-state index contributed by atoms with van der Waals surface area (Å²) in [6.07, 6.45) is 5.50. The lowest BCUT2D eigenvalue weighted by molar-refractivity contribution is -0.127. The Morgan fingerprint density at radius 1 is 1.00 bits per heavy atom. The number of hydrogen-bond acceptors (Lipinski definition) is 6. The highest BCUT2D eigenvalue weighted by molar-refractivity contribution is 6.00. The molecule has 0 atom stereocenters. The summed E-state index contributed by atoms with van der Waals surface area (Å²) in [6, 6.07) is 15.0. The normalized spacial score (nSPS) is 19.1. The summed E-state index contributed by atoms with van der Waals surface area (Å²) in [5.74, 6) is 1.69. The first kappa shape index (κ1) is 30.5. The summed E-state index contributed by atoms with van der Waals surface area (Å²) < 4.78 is 0. The van der Waals surface area contributed by atoms with Gasteiger partial charge in [0, 0.05) is 74.6 Å². The van der Waals surface area contributed by atoms with Gasteiger partial charge in [0.05, 0.1) is 12.2 Å². The van der Waals surface area contributed by atoms with E-state index in [2.05, 4.69) is 94.4 Å². The van der Waals surface area contributed by atoms with Crippen LogP contribution in [0.2, 0.25) is 0 Å². The van der Waals surface area contributed by atoms with Gasteiger partial charge in [-0.2, -0.15) is 0 Å². The lowest BCUT2D eigenvalue weighted by Crippen LogP contribution is -2.51. The first-order valence-corrected chi connectivity index (χ1v) is 15.7. The molecule has 3 aliphatic rings.